The lowest BCUT2D eigenvalue weighted by Gasteiger charge is -2.02. The molecule has 2 aromatic rings. The van der Waals surface area contributed by atoms with Crippen molar-refractivity contribution in [3.05, 3.63) is 48.5 Å². The maximum Gasteiger partial charge on any atom is 0.292 e. The second kappa shape index (κ2) is 4.37. The summed E-state index contributed by atoms with van der Waals surface area (Å²) in [5.41, 5.74) is 2.01. The lowest BCUT2D eigenvalue weighted by molar-refractivity contribution is 0.475. The number of hydrogen-bond donors (Lipinski definition) is 1. The molecule has 0 aliphatic carbocycles. The molecular formula is C13H9NO2. The Balaban J connectivity index is 2.28. The minimum absolute atomic E-state index is 0.244. The molecule has 3 heteroatoms. The minimum Gasteiger partial charge on any atom is -0.508 e. The van der Waals surface area contributed by atoms with Gasteiger partial charge in [-0.25, -0.2) is 0 Å². The van der Waals surface area contributed by atoms with Gasteiger partial charge in [0.1, 0.15) is 11.5 Å². The fourth-order valence-electron chi connectivity index (χ4n) is 1.42. The molecule has 0 heterocycles. The van der Waals surface area contributed by atoms with Crippen LogP contribution in [0.4, 0.5) is 0 Å². The van der Waals surface area contributed by atoms with Crippen molar-refractivity contribution in [2.45, 2.75) is 0 Å². The van der Waals surface area contributed by atoms with E-state index in [2.05, 4.69) is 4.74 Å². The zero-order chi connectivity index (χ0) is 11.4. The molecular weight excluding hydrogens is 202 g/mol. The van der Waals surface area contributed by atoms with Gasteiger partial charge in [-0.3, -0.25) is 0 Å². The summed E-state index contributed by atoms with van der Waals surface area (Å²) < 4.78 is 4.68. The van der Waals surface area contributed by atoms with Gasteiger partial charge < -0.3 is 9.84 Å². The first kappa shape index (κ1) is 10.1. The molecule has 1 N–H and O–H groups in total. The molecule has 2 aromatic carbocycles. The van der Waals surface area contributed by atoms with E-state index in [9.17, 15) is 0 Å². The molecule has 0 unspecified atom stereocenters. The van der Waals surface area contributed by atoms with Gasteiger partial charge in [-0.15, -0.1) is 5.26 Å². The monoisotopic (exact) mass is 211 g/mol. The predicted molar refractivity (Wildman–Crippen MR) is 59.8 cm³/mol. The Morgan fingerprint density at radius 1 is 0.875 bits per heavy atom. The van der Waals surface area contributed by atoms with Gasteiger partial charge in [-0.2, -0.15) is 0 Å². The Kier molecular flexibility index (Phi) is 2.75. The van der Waals surface area contributed by atoms with E-state index in [1.807, 2.05) is 24.3 Å². The van der Waals surface area contributed by atoms with Crippen LogP contribution < -0.4 is 4.74 Å². The molecule has 2 rings (SSSR count). The van der Waals surface area contributed by atoms with Gasteiger partial charge in [0.15, 0.2) is 0 Å². The van der Waals surface area contributed by atoms with Crippen LogP contribution in [0.5, 0.6) is 11.5 Å². The van der Waals surface area contributed by atoms with Crippen LogP contribution in [0.2, 0.25) is 0 Å². The maximum atomic E-state index is 9.16. The first-order valence-electron chi connectivity index (χ1n) is 4.75. The molecule has 0 atom stereocenters. The summed E-state index contributed by atoms with van der Waals surface area (Å²) in [6.07, 6.45) is 1.62. The zero-order valence-electron chi connectivity index (χ0n) is 8.42. The van der Waals surface area contributed by atoms with Crippen molar-refractivity contribution >= 4 is 0 Å². The predicted octanol–water partition coefficient (Wildman–Crippen LogP) is 2.92. The number of hydrogen-bond acceptors (Lipinski definition) is 3. The maximum absolute atomic E-state index is 9.16. The van der Waals surface area contributed by atoms with Gasteiger partial charge in [0, 0.05) is 0 Å². The largest absolute Gasteiger partial charge is 0.508 e. The smallest absolute Gasteiger partial charge is 0.292 e. The Morgan fingerprint density at radius 3 is 1.88 bits per heavy atom. The summed E-state index contributed by atoms with van der Waals surface area (Å²) in [5, 5.41) is 17.5. The summed E-state index contributed by atoms with van der Waals surface area (Å²) in [4.78, 5) is 0. The quantitative estimate of drug-likeness (QED) is 0.777. The summed E-state index contributed by atoms with van der Waals surface area (Å²) in [7, 11) is 0. The molecule has 0 radical (unpaired) electrons. The van der Waals surface area contributed by atoms with Gasteiger partial charge in [0.25, 0.3) is 6.26 Å². The lowest BCUT2D eigenvalue weighted by atomic mass is 10.1. The Bertz CT molecular complexity index is 509. The molecule has 16 heavy (non-hydrogen) atoms. The van der Waals surface area contributed by atoms with Crippen molar-refractivity contribution in [1.29, 1.82) is 5.26 Å². The fourth-order valence-corrected chi connectivity index (χ4v) is 1.42. The number of phenols is 1. The van der Waals surface area contributed by atoms with Crippen LogP contribution in [0, 0.1) is 11.5 Å². The van der Waals surface area contributed by atoms with Gasteiger partial charge in [-0.05, 0) is 35.4 Å². The van der Waals surface area contributed by atoms with Gasteiger partial charge in [0.2, 0.25) is 0 Å². The lowest BCUT2D eigenvalue weighted by Crippen LogP contribution is -1.82. The van der Waals surface area contributed by atoms with Crippen molar-refractivity contribution in [2.24, 2.45) is 0 Å². The standard InChI is InChI=1S/C13H9NO2/c14-9-16-13-7-3-11(4-8-13)10-1-5-12(15)6-2-10/h1-8,15H. The van der Waals surface area contributed by atoms with E-state index in [0.29, 0.717) is 5.75 Å². The number of aromatic hydroxyl groups is 1. The van der Waals surface area contributed by atoms with Crippen LogP contribution in [0.1, 0.15) is 0 Å². The number of nitrogens with zero attached hydrogens (tertiary/aromatic N) is 1. The van der Waals surface area contributed by atoms with Crippen LogP contribution in [0.3, 0.4) is 0 Å². The van der Waals surface area contributed by atoms with Crippen molar-refractivity contribution in [1.82, 2.24) is 0 Å². The van der Waals surface area contributed by atoms with E-state index in [4.69, 9.17) is 10.4 Å². The first-order valence-corrected chi connectivity index (χ1v) is 4.75. The van der Waals surface area contributed by atoms with Crippen LogP contribution >= 0.6 is 0 Å². The third-order valence-corrected chi connectivity index (χ3v) is 2.22. The van der Waals surface area contributed by atoms with E-state index in [1.54, 1.807) is 30.5 Å². The molecule has 0 aliphatic heterocycles. The Labute approximate surface area is 93.2 Å². The third kappa shape index (κ3) is 2.12. The molecule has 0 saturated carbocycles. The summed E-state index contributed by atoms with van der Waals surface area (Å²) in [6.45, 7) is 0. The number of benzene rings is 2. The molecule has 0 aromatic heterocycles. The average Bonchev–Trinajstić information content (AvgIpc) is 2.32. The second-order valence-corrected chi connectivity index (χ2v) is 3.26. The summed E-state index contributed by atoms with van der Waals surface area (Å²) in [5.74, 6) is 0.762. The Morgan fingerprint density at radius 2 is 1.38 bits per heavy atom. The normalized spacial score (nSPS) is 9.44. The minimum atomic E-state index is 0.244. The van der Waals surface area contributed by atoms with E-state index >= 15 is 0 Å². The second-order valence-electron chi connectivity index (χ2n) is 3.26. The molecule has 0 amide bonds. The van der Waals surface area contributed by atoms with Crippen LogP contribution in [0.25, 0.3) is 11.1 Å². The summed E-state index contributed by atoms with van der Waals surface area (Å²) in [6, 6.07) is 14.1. The van der Waals surface area contributed by atoms with Crippen molar-refractivity contribution < 1.29 is 9.84 Å². The SMILES string of the molecule is N#COc1ccc(-c2ccc(O)cc2)cc1. The van der Waals surface area contributed by atoms with Crippen LogP contribution in [-0.2, 0) is 0 Å². The first-order chi connectivity index (χ1) is 7.79. The fraction of sp³-hybridized carbons (Fsp3) is 0. The third-order valence-electron chi connectivity index (χ3n) is 2.22. The highest BCUT2D eigenvalue weighted by atomic mass is 16.5. The van der Waals surface area contributed by atoms with Crippen molar-refractivity contribution in [2.75, 3.05) is 0 Å². The Hall–Kier alpha value is -2.47. The highest BCUT2D eigenvalue weighted by Crippen LogP contribution is 2.23. The van der Waals surface area contributed by atoms with Crippen LogP contribution in [0.15, 0.2) is 48.5 Å². The van der Waals surface area contributed by atoms with Gasteiger partial charge in [-0.1, -0.05) is 24.3 Å². The number of rotatable bonds is 2. The molecule has 0 saturated heterocycles. The van der Waals surface area contributed by atoms with E-state index in [1.165, 1.54) is 0 Å². The number of nitriles is 1. The number of phenolic OH excluding ortho intramolecular Hbond substituents is 1. The topological polar surface area (TPSA) is 53.2 Å². The van der Waals surface area contributed by atoms with E-state index in [0.717, 1.165) is 11.1 Å². The average molecular weight is 211 g/mol. The highest BCUT2D eigenvalue weighted by molar-refractivity contribution is 5.64. The van der Waals surface area contributed by atoms with Crippen molar-refractivity contribution in [3.63, 3.8) is 0 Å². The van der Waals surface area contributed by atoms with Gasteiger partial charge in [0.05, 0.1) is 0 Å². The molecule has 0 spiro atoms. The van der Waals surface area contributed by atoms with Crippen molar-refractivity contribution in [3.8, 4) is 28.9 Å². The zero-order valence-corrected chi connectivity index (χ0v) is 8.42. The van der Waals surface area contributed by atoms with E-state index in [-0.39, 0.29) is 5.75 Å². The molecule has 0 aliphatic rings. The molecule has 0 bridgehead atoms. The number of ether oxygens (including phenoxy) is 1. The highest BCUT2D eigenvalue weighted by Gasteiger charge is 1.98. The van der Waals surface area contributed by atoms with Crippen LogP contribution in [-0.4, -0.2) is 5.11 Å². The van der Waals surface area contributed by atoms with Gasteiger partial charge >= 0.3 is 0 Å². The molecule has 78 valence electrons. The molecule has 3 nitrogen and oxygen atoms in total. The summed E-state index contributed by atoms with van der Waals surface area (Å²) >= 11 is 0. The molecule has 0 fully saturated rings. The van der Waals surface area contributed by atoms with E-state index < -0.39 is 0 Å².